The van der Waals surface area contributed by atoms with E-state index in [0.717, 1.165) is 0 Å². The van der Waals surface area contributed by atoms with Crippen LogP contribution in [0.1, 0.15) is 27.0 Å². The van der Waals surface area contributed by atoms with Crippen molar-refractivity contribution >= 4 is 45.3 Å². The second-order valence-electron chi connectivity index (χ2n) is 8.16. The molecule has 0 radical (unpaired) electrons. The highest BCUT2D eigenvalue weighted by Gasteiger charge is 2.53. The van der Waals surface area contributed by atoms with Gasteiger partial charge in [0.25, 0.3) is 7.94 Å². The SMILES string of the molecule is O=C1OC2(c3ccc(O)cc3Oc3cc(O)ccc32)c2ccc(NC(=S)NC(P([O-])O)[P+]([O-])(O)O)cc21. The Morgan fingerprint density at radius 1 is 1.00 bits per heavy atom. The Kier molecular flexibility index (Phi) is 6.22. The Balaban J connectivity index is 1.55. The van der Waals surface area contributed by atoms with E-state index in [1.54, 1.807) is 18.2 Å². The maximum absolute atomic E-state index is 13.1. The summed E-state index contributed by atoms with van der Waals surface area (Å²) in [7, 11) is -8.31. The summed E-state index contributed by atoms with van der Waals surface area (Å²) in [4.78, 5) is 63.7. The molecule has 0 saturated carbocycles. The molecule has 192 valence electrons. The van der Waals surface area contributed by atoms with Crippen molar-refractivity contribution in [3.05, 3.63) is 76.9 Å². The first kappa shape index (κ1) is 25.5. The lowest BCUT2D eigenvalue weighted by Crippen LogP contribution is -2.42. The van der Waals surface area contributed by atoms with Crippen molar-refractivity contribution in [2.75, 3.05) is 5.32 Å². The molecule has 7 N–H and O–H groups in total. The molecular weight excluding hydrogens is 546 g/mol. The number of carbonyl (C=O) groups excluding carboxylic acids is 1. The highest BCUT2D eigenvalue weighted by Crippen LogP contribution is 2.57. The number of nitrogens with one attached hydrogen (secondary N) is 2. The number of carbonyl (C=O) groups is 1. The van der Waals surface area contributed by atoms with Crippen molar-refractivity contribution in [1.82, 2.24) is 5.32 Å². The highest BCUT2D eigenvalue weighted by atomic mass is 32.1. The molecule has 2 aliphatic rings. The van der Waals surface area contributed by atoms with Gasteiger partial charge in [0, 0.05) is 42.9 Å². The normalized spacial score (nSPS) is 16.5. The number of hydrogen-bond acceptors (Lipinski definition) is 11. The fraction of sp³-hybridized carbons (Fsp3) is 0.0909. The van der Waals surface area contributed by atoms with E-state index in [9.17, 15) is 39.5 Å². The van der Waals surface area contributed by atoms with Gasteiger partial charge in [0.2, 0.25) is 5.52 Å². The number of esters is 1. The topological polar surface area (TPSA) is 207 Å². The predicted molar refractivity (Wildman–Crippen MR) is 132 cm³/mol. The molecule has 2 heterocycles. The van der Waals surface area contributed by atoms with E-state index in [1.807, 2.05) is 0 Å². The van der Waals surface area contributed by atoms with Crippen molar-refractivity contribution in [1.29, 1.82) is 0 Å². The largest absolute Gasteiger partial charge is 0.804 e. The van der Waals surface area contributed by atoms with Crippen molar-refractivity contribution < 1.29 is 48.9 Å². The summed E-state index contributed by atoms with van der Waals surface area (Å²) in [5.74, 6) is -0.438. The number of phenols is 2. The average Bonchev–Trinajstić information content (AvgIpc) is 3.08. The van der Waals surface area contributed by atoms with Crippen LogP contribution in [0, 0.1) is 0 Å². The fourth-order valence-corrected chi connectivity index (χ4v) is 6.31. The maximum atomic E-state index is 13.1. The van der Waals surface area contributed by atoms with Crippen molar-refractivity contribution in [3.8, 4) is 23.0 Å². The monoisotopic (exact) mass is 563 g/mol. The lowest BCUT2D eigenvalue weighted by molar-refractivity contribution is -0.213. The van der Waals surface area contributed by atoms with Crippen molar-refractivity contribution in [2.45, 2.75) is 11.1 Å². The van der Waals surface area contributed by atoms with Crippen molar-refractivity contribution in [3.63, 3.8) is 0 Å². The molecule has 5 rings (SSSR count). The van der Waals surface area contributed by atoms with Gasteiger partial charge in [-0.15, -0.1) is 0 Å². The van der Waals surface area contributed by atoms with Gasteiger partial charge in [-0.05, 0) is 48.6 Å². The molecular formula is C22H17N2O10P2S-. The molecule has 2 aliphatic heterocycles. The molecule has 0 fully saturated rings. The number of ether oxygens (including phenoxy) is 2. The molecule has 3 aromatic rings. The van der Waals surface area contributed by atoms with Crippen LogP contribution in [0.25, 0.3) is 0 Å². The Morgan fingerprint density at radius 3 is 2.11 bits per heavy atom. The van der Waals surface area contributed by atoms with Crippen LogP contribution in [-0.2, 0) is 10.3 Å². The predicted octanol–water partition coefficient (Wildman–Crippen LogP) is 1.01. The molecule has 0 aliphatic carbocycles. The summed E-state index contributed by atoms with van der Waals surface area (Å²) >= 11 is 5.02. The Labute approximate surface area is 215 Å². The van der Waals surface area contributed by atoms with Crippen molar-refractivity contribution in [2.24, 2.45) is 0 Å². The van der Waals surface area contributed by atoms with Gasteiger partial charge in [0.1, 0.15) is 23.0 Å². The standard InChI is InChI=1S/C22H17N2O10P2S/c25-11-2-5-15-17(8-11)33-18-9-12(26)3-6-16(18)22(15)14-4-1-10(7-13(14)19(27)34-22)23-20(37)24-21(35(28)29)36(30,31)32/h1-9,21,25-26,28H,(H2,23,24,37)(H2,30,31,32)/q-1. The van der Waals surface area contributed by atoms with Gasteiger partial charge in [-0.3, -0.25) is 0 Å². The zero-order chi connectivity index (χ0) is 26.7. The van der Waals surface area contributed by atoms with Gasteiger partial charge in [0.05, 0.1) is 5.56 Å². The molecule has 1 spiro atoms. The zero-order valence-electron chi connectivity index (χ0n) is 18.4. The number of fused-ring (bicyclic) bond motifs is 6. The van der Waals surface area contributed by atoms with Gasteiger partial charge < -0.3 is 45.0 Å². The molecule has 15 heteroatoms. The first-order valence-electron chi connectivity index (χ1n) is 10.4. The molecule has 0 saturated heterocycles. The number of thiocarbonyl (C=S) groups is 1. The van der Waals surface area contributed by atoms with Crippen LogP contribution in [-0.4, -0.2) is 41.5 Å². The lowest BCUT2D eigenvalue weighted by Gasteiger charge is -2.36. The third-order valence-electron chi connectivity index (χ3n) is 5.82. The highest BCUT2D eigenvalue weighted by molar-refractivity contribution is 7.80. The van der Waals surface area contributed by atoms with Crippen LogP contribution in [0.2, 0.25) is 0 Å². The third kappa shape index (κ3) is 4.35. The third-order valence-corrected chi connectivity index (χ3v) is 8.85. The van der Waals surface area contributed by atoms with Crippen LogP contribution in [0.3, 0.4) is 0 Å². The molecule has 0 aromatic heterocycles. The molecule has 0 bridgehead atoms. The summed E-state index contributed by atoms with van der Waals surface area (Å²) < 4.78 is 11.8. The maximum Gasteiger partial charge on any atom is 0.340 e. The Morgan fingerprint density at radius 2 is 1.57 bits per heavy atom. The second-order valence-corrected chi connectivity index (χ2v) is 11.8. The number of rotatable bonds is 4. The van der Waals surface area contributed by atoms with Gasteiger partial charge in [-0.1, -0.05) is 6.07 Å². The van der Waals surface area contributed by atoms with E-state index in [4.69, 9.17) is 21.7 Å². The number of hydrogen-bond donors (Lipinski definition) is 7. The first-order chi connectivity index (χ1) is 17.4. The van der Waals surface area contributed by atoms with Gasteiger partial charge in [-0.25, -0.2) is 14.6 Å². The molecule has 12 nitrogen and oxygen atoms in total. The van der Waals surface area contributed by atoms with Crippen LogP contribution in [0.15, 0.2) is 54.6 Å². The average molecular weight is 563 g/mol. The van der Waals surface area contributed by atoms with E-state index in [-0.39, 0.29) is 39.4 Å². The van der Waals surface area contributed by atoms with Crippen LogP contribution in [0.5, 0.6) is 23.0 Å². The minimum absolute atomic E-state index is 0.0825. The summed E-state index contributed by atoms with van der Waals surface area (Å²) in [5, 5.41) is 24.4. The Hall–Kier alpha value is -3.12. The number of anilines is 1. The minimum Gasteiger partial charge on any atom is -0.804 e. The number of phenolic OH excluding ortho intramolecular Hbond substituents is 2. The smallest absolute Gasteiger partial charge is 0.340 e. The summed E-state index contributed by atoms with van der Waals surface area (Å²) in [6.07, 6.45) is 0. The number of benzene rings is 3. The van der Waals surface area contributed by atoms with Crippen LogP contribution < -0.4 is 25.2 Å². The number of aromatic hydroxyl groups is 2. The molecule has 3 aromatic carbocycles. The zero-order valence-corrected chi connectivity index (χ0v) is 21.0. The molecule has 0 amide bonds. The summed E-state index contributed by atoms with van der Waals surface area (Å²) in [6, 6.07) is 13.2. The van der Waals surface area contributed by atoms with E-state index in [0.29, 0.717) is 16.7 Å². The van der Waals surface area contributed by atoms with Gasteiger partial charge in [-0.2, -0.15) is 0 Å². The van der Waals surface area contributed by atoms with Crippen LogP contribution in [0.4, 0.5) is 5.69 Å². The molecule has 37 heavy (non-hydrogen) atoms. The Bertz CT molecular complexity index is 1390. The summed E-state index contributed by atoms with van der Waals surface area (Å²) in [6.45, 7) is 0. The van der Waals surface area contributed by atoms with Gasteiger partial charge >= 0.3 is 5.97 Å². The molecule has 2 atom stereocenters. The van der Waals surface area contributed by atoms with Gasteiger partial charge in [0.15, 0.2) is 10.7 Å². The van der Waals surface area contributed by atoms with E-state index >= 15 is 0 Å². The van der Waals surface area contributed by atoms with Crippen LogP contribution >= 0.6 is 28.5 Å². The fourth-order valence-electron chi connectivity index (χ4n) is 4.34. The van der Waals surface area contributed by atoms with E-state index in [2.05, 4.69) is 10.6 Å². The summed E-state index contributed by atoms with van der Waals surface area (Å²) in [5.41, 5.74) is -1.92. The lowest BCUT2D eigenvalue weighted by atomic mass is 9.77. The minimum atomic E-state index is -5.00. The second kappa shape index (κ2) is 9.02. The molecule has 2 unspecified atom stereocenters. The first-order valence-corrected chi connectivity index (χ1v) is 13.8. The van der Waals surface area contributed by atoms with E-state index in [1.165, 1.54) is 36.4 Å². The van der Waals surface area contributed by atoms with E-state index < -0.39 is 33.4 Å². The quantitative estimate of drug-likeness (QED) is 0.135.